The molecule has 1 N–H and O–H groups in total. The minimum atomic E-state index is -4.46. The number of aromatic nitrogens is 4. The molecule has 1 aromatic heterocycles. The number of amides is 2. The Labute approximate surface area is 205 Å². The lowest BCUT2D eigenvalue weighted by atomic mass is 10.1. The summed E-state index contributed by atoms with van der Waals surface area (Å²) < 4.78 is 38.4. The second-order valence-electron chi connectivity index (χ2n) is 8.05. The zero-order valence-corrected chi connectivity index (χ0v) is 20.0. The molecule has 0 unspecified atom stereocenters. The zero-order valence-electron chi connectivity index (χ0n) is 19.3. The van der Waals surface area contributed by atoms with E-state index in [2.05, 4.69) is 20.7 Å². The minimum Gasteiger partial charge on any atom is -0.352 e. The molecule has 0 spiro atoms. The fourth-order valence-corrected chi connectivity index (χ4v) is 3.52. The molecular formula is C23H24ClF3N6O2. The van der Waals surface area contributed by atoms with Crippen LogP contribution in [0.15, 0.2) is 48.5 Å². The number of hydrogen-bond donors (Lipinski definition) is 1. The highest BCUT2D eigenvalue weighted by atomic mass is 35.5. The Kier molecular flexibility index (Phi) is 8.11. The van der Waals surface area contributed by atoms with E-state index in [1.165, 1.54) is 17.0 Å². The van der Waals surface area contributed by atoms with Crippen molar-refractivity contribution < 1.29 is 22.8 Å². The number of nitrogens with one attached hydrogen (secondary N) is 1. The second kappa shape index (κ2) is 10.9. The van der Waals surface area contributed by atoms with Gasteiger partial charge in [-0.3, -0.25) is 14.5 Å². The third-order valence-electron chi connectivity index (χ3n) is 5.01. The van der Waals surface area contributed by atoms with Crippen molar-refractivity contribution in [2.24, 2.45) is 0 Å². The first-order valence-corrected chi connectivity index (χ1v) is 11.2. The molecule has 3 aromatic rings. The lowest BCUT2D eigenvalue weighted by molar-refractivity contribution is -0.137. The molecule has 0 saturated heterocycles. The average molecular weight is 509 g/mol. The van der Waals surface area contributed by atoms with E-state index < -0.39 is 23.7 Å². The highest BCUT2D eigenvalue weighted by Gasteiger charge is 2.31. The van der Waals surface area contributed by atoms with Gasteiger partial charge in [0.15, 0.2) is 0 Å². The van der Waals surface area contributed by atoms with Crippen molar-refractivity contribution >= 4 is 29.1 Å². The summed E-state index contributed by atoms with van der Waals surface area (Å²) in [5, 5.41) is 15.1. The van der Waals surface area contributed by atoms with E-state index in [1.807, 2.05) is 13.8 Å². The molecule has 3 rings (SSSR count). The molecule has 0 radical (unpaired) electrons. The molecule has 2 aromatic carbocycles. The fraction of sp³-hybridized carbons (Fsp3) is 0.348. The van der Waals surface area contributed by atoms with Crippen LogP contribution in [0.4, 0.5) is 18.9 Å². The zero-order chi connectivity index (χ0) is 25.8. The van der Waals surface area contributed by atoms with Gasteiger partial charge in [0.1, 0.15) is 12.6 Å². The van der Waals surface area contributed by atoms with Crippen LogP contribution in [0.3, 0.4) is 0 Å². The largest absolute Gasteiger partial charge is 0.416 e. The van der Waals surface area contributed by atoms with Gasteiger partial charge in [-0.15, -0.1) is 10.2 Å². The highest BCUT2D eigenvalue weighted by molar-refractivity contribution is 6.30. The van der Waals surface area contributed by atoms with Gasteiger partial charge in [-0.05, 0) is 61.9 Å². The molecule has 0 aliphatic heterocycles. The molecule has 2 amide bonds. The molecule has 8 nitrogen and oxygen atoms in total. The maximum Gasteiger partial charge on any atom is 0.416 e. The molecule has 1 heterocycles. The lowest BCUT2D eigenvalue weighted by Gasteiger charge is -2.31. The fourth-order valence-electron chi connectivity index (χ4n) is 3.40. The number of carbonyl (C=O) groups is 2. The minimum absolute atomic E-state index is 0.0640. The molecule has 186 valence electrons. The van der Waals surface area contributed by atoms with Crippen LogP contribution in [-0.2, 0) is 22.3 Å². The molecule has 0 fully saturated rings. The van der Waals surface area contributed by atoms with Gasteiger partial charge in [0, 0.05) is 22.3 Å². The maximum absolute atomic E-state index is 13.3. The van der Waals surface area contributed by atoms with Crippen molar-refractivity contribution in [1.29, 1.82) is 0 Å². The van der Waals surface area contributed by atoms with Crippen LogP contribution in [0.2, 0.25) is 5.02 Å². The summed E-state index contributed by atoms with van der Waals surface area (Å²) in [5.74, 6) is -0.730. The van der Waals surface area contributed by atoms with Crippen LogP contribution in [0.25, 0.3) is 11.4 Å². The Morgan fingerprint density at radius 2 is 1.71 bits per heavy atom. The monoisotopic (exact) mass is 508 g/mol. The summed E-state index contributed by atoms with van der Waals surface area (Å²) in [6.07, 6.45) is -4.12. The summed E-state index contributed by atoms with van der Waals surface area (Å²) in [6.45, 7) is 5.08. The number of tetrazole rings is 1. The Hall–Kier alpha value is -3.47. The normalized spacial score (nSPS) is 12.5. The van der Waals surface area contributed by atoms with Crippen molar-refractivity contribution in [3.05, 3.63) is 59.1 Å². The van der Waals surface area contributed by atoms with E-state index in [0.29, 0.717) is 22.7 Å². The first kappa shape index (κ1) is 26.1. The highest BCUT2D eigenvalue weighted by Crippen LogP contribution is 2.30. The summed E-state index contributed by atoms with van der Waals surface area (Å²) in [7, 11) is 0. The van der Waals surface area contributed by atoms with E-state index in [9.17, 15) is 22.8 Å². The first-order valence-electron chi connectivity index (χ1n) is 10.8. The Morgan fingerprint density at radius 1 is 1.09 bits per heavy atom. The molecule has 35 heavy (non-hydrogen) atoms. The maximum atomic E-state index is 13.3. The van der Waals surface area contributed by atoms with E-state index in [4.69, 9.17) is 11.6 Å². The quantitative estimate of drug-likeness (QED) is 0.488. The van der Waals surface area contributed by atoms with Gasteiger partial charge in [-0.25, -0.2) is 0 Å². The predicted octanol–water partition coefficient (Wildman–Crippen LogP) is 4.35. The van der Waals surface area contributed by atoms with Crippen LogP contribution >= 0.6 is 11.6 Å². The SMILES string of the molecule is CC[C@H](C(=O)NC(C)C)N(C(=O)Cn1nnc(-c2ccc(C(F)(F)F)cc2)n1)c1ccc(Cl)cc1. The van der Waals surface area contributed by atoms with Crippen LogP contribution in [0, 0.1) is 0 Å². The number of halogens is 4. The van der Waals surface area contributed by atoms with E-state index >= 15 is 0 Å². The second-order valence-corrected chi connectivity index (χ2v) is 8.48. The summed E-state index contributed by atoms with van der Waals surface area (Å²) in [5.41, 5.74) is -0.0186. The molecule has 0 aliphatic rings. The first-order chi connectivity index (χ1) is 16.5. The van der Waals surface area contributed by atoms with Gasteiger partial charge in [0.05, 0.1) is 5.56 Å². The summed E-state index contributed by atoms with van der Waals surface area (Å²) in [4.78, 5) is 28.6. The summed E-state index contributed by atoms with van der Waals surface area (Å²) in [6, 6.07) is 9.87. The van der Waals surface area contributed by atoms with Crippen LogP contribution < -0.4 is 10.2 Å². The molecular weight excluding hydrogens is 485 g/mol. The lowest BCUT2D eigenvalue weighted by Crippen LogP contribution is -2.52. The Morgan fingerprint density at radius 3 is 2.26 bits per heavy atom. The van der Waals surface area contributed by atoms with Gasteiger partial charge >= 0.3 is 6.18 Å². The number of anilines is 1. The molecule has 0 saturated carbocycles. The van der Waals surface area contributed by atoms with E-state index in [1.54, 1.807) is 31.2 Å². The third kappa shape index (κ3) is 6.56. The van der Waals surface area contributed by atoms with Gasteiger partial charge in [-0.1, -0.05) is 30.7 Å². The number of nitrogens with zero attached hydrogens (tertiary/aromatic N) is 5. The molecule has 1 atom stereocenters. The van der Waals surface area contributed by atoms with Crippen molar-refractivity contribution in [1.82, 2.24) is 25.5 Å². The van der Waals surface area contributed by atoms with Crippen molar-refractivity contribution in [2.45, 2.75) is 52.0 Å². The number of hydrogen-bond acceptors (Lipinski definition) is 5. The van der Waals surface area contributed by atoms with Gasteiger partial charge in [0.2, 0.25) is 11.7 Å². The Balaban J connectivity index is 1.85. The molecule has 0 bridgehead atoms. The number of benzene rings is 2. The van der Waals surface area contributed by atoms with Crippen LogP contribution in [-0.4, -0.2) is 44.1 Å². The van der Waals surface area contributed by atoms with Crippen molar-refractivity contribution in [3.63, 3.8) is 0 Å². The third-order valence-corrected chi connectivity index (χ3v) is 5.26. The molecule has 0 aliphatic carbocycles. The van der Waals surface area contributed by atoms with Crippen molar-refractivity contribution in [2.75, 3.05) is 4.90 Å². The van der Waals surface area contributed by atoms with Gasteiger partial charge < -0.3 is 5.32 Å². The van der Waals surface area contributed by atoms with Gasteiger partial charge in [0.25, 0.3) is 5.91 Å². The molecule has 12 heteroatoms. The average Bonchev–Trinajstić information content (AvgIpc) is 3.25. The van der Waals surface area contributed by atoms with Gasteiger partial charge in [-0.2, -0.15) is 18.0 Å². The Bertz CT molecular complexity index is 1160. The number of alkyl halides is 3. The standard InChI is InChI=1S/C23H24ClF3N6O2/c1-4-19(22(35)28-14(2)3)33(18-11-9-17(24)10-12-18)20(34)13-32-30-21(29-31-32)15-5-7-16(8-6-15)23(25,26)27/h5-12,14,19H,4,13H2,1-3H3,(H,28,35)/t19-/m1/s1. The topological polar surface area (TPSA) is 93.0 Å². The van der Waals surface area contributed by atoms with E-state index in [-0.39, 0.29) is 24.3 Å². The van der Waals surface area contributed by atoms with E-state index in [0.717, 1.165) is 16.9 Å². The van der Waals surface area contributed by atoms with Crippen molar-refractivity contribution in [3.8, 4) is 11.4 Å². The number of rotatable bonds is 8. The summed E-state index contributed by atoms with van der Waals surface area (Å²) >= 11 is 5.99. The van der Waals surface area contributed by atoms with Crippen LogP contribution in [0.5, 0.6) is 0 Å². The predicted molar refractivity (Wildman–Crippen MR) is 125 cm³/mol. The van der Waals surface area contributed by atoms with Crippen LogP contribution in [0.1, 0.15) is 32.8 Å². The smallest absolute Gasteiger partial charge is 0.352 e. The number of carbonyl (C=O) groups excluding carboxylic acids is 2.